The number of methoxy groups -OCH3 is 1. The number of allylic oxidation sites excluding steroid dienone is 1. The summed E-state index contributed by atoms with van der Waals surface area (Å²) < 4.78 is 12.8. The van der Waals surface area contributed by atoms with Gasteiger partial charge in [-0.05, 0) is 48.4 Å². The van der Waals surface area contributed by atoms with E-state index in [1.165, 1.54) is 17.4 Å². The summed E-state index contributed by atoms with van der Waals surface area (Å²) in [7, 11) is 5.55. The van der Waals surface area contributed by atoms with Crippen LogP contribution in [0.2, 0.25) is 0 Å². The normalized spacial score (nSPS) is 15.3. The summed E-state index contributed by atoms with van der Waals surface area (Å²) in [6.45, 7) is 5.44. The van der Waals surface area contributed by atoms with Crippen molar-refractivity contribution in [1.82, 2.24) is 4.57 Å². The lowest BCUT2D eigenvalue weighted by Crippen LogP contribution is -2.39. The highest BCUT2D eigenvalue weighted by Gasteiger charge is 2.33. The van der Waals surface area contributed by atoms with E-state index < -0.39 is 12.0 Å². The highest BCUT2D eigenvalue weighted by Crippen LogP contribution is 2.31. The Balaban J connectivity index is 1.88. The zero-order valence-corrected chi connectivity index (χ0v) is 21.0. The van der Waals surface area contributed by atoms with Gasteiger partial charge in [-0.2, -0.15) is 0 Å². The fraction of sp³-hybridized carbons (Fsp3) is 0.222. The van der Waals surface area contributed by atoms with Crippen molar-refractivity contribution in [1.29, 1.82) is 0 Å². The lowest BCUT2D eigenvalue weighted by Gasteiger charge is -2.24. The van der Waals surface area contributed by atoms with Crippen LogP contribution in [-0.2, 0) is 9.53 Å². The zero-order chi connectivity index (χ0) is 25.1. The van der Waals surface area contributed by atoms with E-state index in [9.17, 15) is 9.59 Å². The van der Waals surface area contributed by atoms with Gasteiger partial charge in [0, 0.05) is 19.8 Å². The summed E-state index contributed by atoms with van der Waals surface area (Å²) in [5.74, 6) is 0.152. The highest BCUT2D eigenvalue weighted by atomic mass is 32.1. The number of rotatable bonds is 7. The molecule has 0 spiro atoms. The van der Waals surface area contributed by atoms with Gasteiger partial charge in [-0.3, -0.25) is 9.36 Å². The Morgan fingerprint density at radius 1 is 1.17 bits per heavy atom. The van der Waals surface area contributed by atoms with Crippen LogP contribution in [0.15, 0.2) is 82.2 Å². The maximum absolute atomic E-state index is 13.6. The van der Waals surface area contributed by atoms with Crippen molar-refractivity contribution < 1.29 is 14.3 Å². The van der Waals surface area contributed by atoms with Crippen LogP contribution in [0.5, 0.6) is 5.75 Å². The lowest BCUT2D eigenvalue weighted by atomic mass is 9.96. The Kier molecular flexibility index (Phi) is 7.02. The maximum Gasteiger partial charge on any atom is 0.338 e. The molecule has 0 bridgehead atoms. The minimum atomic E-state index is -0.673. The summed E-state index contributed by atoms with van der Waals surface area (Å²) >= 11 is 1.30. The molecule has 0 aliphatic carbocycles. The SMILES string of the molecule is C=CCOC(=O)C1=C(C)N=c2s/c(=C/c3ccc(N(C)C)cc3)c(=O)n2[C@H]1c1ccc(OC)cc1. The molecule has 0 unspecified atom stereocenters. The van der Waals surface area contributed by atoms with E-state index in [1.807, 2.05) is 61.5 Å². The van der Waals surface area contributed by atoms with E-state index in [4.69, 9.17) is 9.47 Å². The number of thiazole rings is 1. The number of benzene rings is 2. The fourth-order valence-electron chi connectivity index (χ4n) is 3.92. The van der Waals surface area contributed by atoms with Crippen LogP contribution in [0.1, 0.15) is 24.1 Å². The van der Waals surface area contributed by atoms with Gasteiger partial charge < -0.3 is 14.4 Å². The van der Waals surface area contributed by atoms with Gasteiger partial charge in [-0.25, -0.2) is 9.79 Å². The molecule has 1 aliphatic rings. The standard InChI is InChI=1S/C27H27N3O4S/c1-6-15-34-26(32)23-17(2)28-27-30(24(23)19-9-13-21(33-5)14-10-19)25(31)22(35-27)16-18-7-11-20(12-8-18)29(3)4/h6-14,16,24H,1,15H2,2-5H3/b22-16+/t24-/m0/s1. The van der Waals surface area contributed by atoms with Crippen LogP contribution in [0.4, 0.5) is 5.69 Å². The lowest BCUT2D eigenvalue weighted by molar-refractivity contribution is -0.138. The first-order valence-electron chi connectivity index (χ1n) is 11.1. The molecule has 0 fully saturated rings. The molecule has 0 N–H and O–H groups in total. The Morgan fingerprint density at radius 2 is 1.86 bits per heavy atom. The van der Waals surface area contributed by atoms with Gasteiger partial charge in [0.1, 0.15) is 12.4 Å². The van der Waals surface area contributed by atoms with Crippen LogP contribution in [0.25, 0.3) is 6.08 Å². The van der Waals surface area contributed by atoms with Crippen LogP contribution in [-0.4, -0.2) is 38.3 Å². The number of carbonyl (C=O) groups is 1. The van der Waals surface area contributed by atoms with Crippen LogP contribution >= 0.6 is 11.3 Å². The van der Waals surface area contributed by atoms with Crippen LogP contribution in [0, 0.1) is 0 Å². The topological polar surface area (TPSA) is 73.1 Å². The molecule has 8 heteroatoms. The average Bonchev–Trinajstić information content (AvgIpc) is 3.16. The van der Waals surface area contributed by atoms with Crippen LogP contribution < -0.4 is 24.5 Å². The third-order valence-electron chi connectivity index (χ3n) is 5.71. The second kappa shape index (κ2) is 10.1. The van der Waals surface area contributed by atoms with Crippen molar-refractivity contribution in [3.63, 3.8) is 0 Å². The average molecular weight is 490 g/mol. The number of aromatic nitrogens is 1. The van der Waals surface area contributed by atoms with Gasteiger partial charge in [-0.1, -0.05) is 48.3 Å². The van der Waals surface area contributed by atoms with E-state index in [0.29, 0.717) is 26.4 Å². The van der Waals surface area contributed by atoms with Crippen LogP contribution in [0.3, 0.4) is 0 Å². The Morgan fingerprint density at radius 3 is 2.46 bits per heavy atom. The monoisotopic (exact) mass is 489 g/mol. The summed E-state index contributed by atoms with van der Waals surface area (Å²) in [6, 6.07) is 14.6. The van der Waals surface area contributed by atoms with Crippen molar-refractivity contribution >= 4 is 29.1 Å². The molecule has 1 atom stereocenters. The molecule has 1 aromatic heterocycles. The molecular weight excluding hydrogens is 462 g/mol. The van der Waals surface area contributed by atoms with Gasteiger partial charge >= 0.3 is 5.97 Å². The number of esters is 1. The molecule has 0 radical (unpaired) electrons. The molecule has 4 rings (SSSR count). The van der Waals surface area contributed by atoms with Gasteiger partial charge in [0.15, 0.2) is 4.80 Å². The molecule has 0 saturated carbocycles. The quantitative estimate of drug-likeness (QED) is 0.377. The molecular formula is C27H27N3O4S. The summed E-state index contributed by atoms with van der Waals surface area (Å²) in [5, 5.41) is 0. The number of hydrogen-bond acceptors (Lipinski definition) is 7. The van der Waals surface area contributed by atoms with Gasteiger partial charge in [0.05, 0.1) is 29.0 Å². The highest BCUT2D eigenvalue weighted by molar-refractivity contribution is 7.07. The Labute approximate surface area is 207 Å². The molecule has 2 aromatic carbocycles. The van der Waals surface area contributed by atoms with Crippen molar-refractivity contribution in [2.75, 3.05) is 32.7 Å². The molecule has 0 saturated heterocycles. The van der Waals surface area contributed by atoms with Crippen molar-refractivity contribution in [3.05, 3.63) is 103 Å². The first-order valence-corrected chi connectivity index (χ1v) is 11.9. The fourth-order valence-corrected chi connectivity index (χ4v) is 4.96. The smallest absolute Gasteiger partial charge is 0.338 e. The largest absolute Gasteiger partial charge is 0.497 e. The van der Waals surface area contributed by atoms with Gasteiger partial charge in [-0.15, -0.1) is 0 Å². The molecule has 180 valence electrons. The molecule has 35 heavy (non-hydrogen) atoms. The van der Waals surface area contributed by atoms with Crippen molar-refractivity contribution in [2.24, 2.45) is 4.99 Å². The van der Waals surface area contributed by atoms with E-state index in [1.54, 1.807) is 30.7 Å². The molecule has 2 heterocycles. The predicted molar refractivity (Wildman–Crippen MR) is 139 cm³/mol. The predicted octanol–water partition coefficient (Wildman–Crippen LogP) is 3.04. The second-order valence-corrected chi connectivity index (χ2v) is 9.24. The Hall–Kier alpha value is -3.91. The van der Waals surface area contributed by atoms with Crippen molar-refractivity contribution in [3.8, 4) is 5.75 Å². The first kappa shape index (κ1) is 24.2. The maximum atomic E-state index is 13.6. The third-order valence-corrected chi connectivity index (χ3v) is 6.70. The number of anilines is 1. The summed E-state index contributed by atoms with van der Waals surface area (Å²) in [5.41, 5.74) is 3.36. The van der Waals surface area contributed by atoms with E-state index in [-0.39, 0.29) is 12.2 Å². The molecule has 3 aromatic rings. The zero-order valence-electron chi connectivity index (χ0n) is 20.1. The van der Waals surface area contributed by atoms with Crippen molar-refractivity contribution in [2.45, 2.75) is 13.0 Å². The van der Waals surface area contributed by atoms with E-state index in [2.05, 4.69) is 11.6 Å². The van der Waals surface area contributed by atoms with E-state index in [0.717, 1.165) is 16.8 Å². The number of hydrogen-bond donors (Lipinski definition) is 0. The molecule has 7 nitrogen and oxygen atoms in total. The number of ether oxygens (including phenoxy) is 2. The van der Waals surface area contributed by atoms with E-state index >= 15 is 0 Å². The summed E-state index contributed by atoms with van der Waals surface area (Å²) in [4.78, 5) is 33.8. The summed E-state index contributed by atoms with van der Waals surface area (Å²) in [6.07, 6.45) is 3.36. The number of fused-ring (bicyclic) bond motifs is 1. The third kappa shape index (κ3) is 4.83. The van der Waals surface area contributed by atoms with Gasteiger partial charge in [0.25, 0.3) is 5.56 Å². The minimum Gasteiger partial charge on any atom is -0.497 e. The Bertz CT molecular complexity index is 1460. The number of nitrogens with zero attached hydrogens (tertiary/aromatic N) is 3. The number of carbonyl (C=O) groups excluding carboxylic acids is 1. The molecule has 1 aliphatic heterocycles. The first-order chi connectivity index (χ1) is 16.8. The molecule has 0 amide bonds. The minimum absolute atomic E-state index is 0.0678. The van der Waals surface area contributed by atoms with Gasteiger partial charge in [0.2, 0.25) is 0 Å². The second-order valence-electron chi connectivity index (χ2n) is 8.23.